The fraction of sp³-hybridized carbons (Fsp3) is 0.409. The van der Waals surface area contributed by atoms with Crippen LogP contribution >= 0.6 is 12.2 Å². The van der Waals surface area contributed by atoms with Crippen molar-refractivity contribution < 1.29 is 14.3 Å². The first-order valence-electron chi connectivity index (χ1n) is 10.3. The van der Waals surface area contributed by atoms with Crippen molar-refractivity contribution in [2.75, 3.05) is 20.2 Å². The summed E-state index contributed by atoms with van der Waals surface area (Å²) < 4.78 is 7.55. The van der Waals surface area contributed by atoms with Crippen LogP contribution in [0.3, 0.4) is 0 Å². The highest BCUT2D eigenvalue weighted by Gasteiger charge is 2.27. The van der Waals surface area contributed by atoms with Gasteiger partial charge in [-0.2, -0.15) is 0 Å². The highest BCUT2D eigenvalue weighted by Crippen LogP contribution is 2.28. The van der Waals surface area contributed by atoms with Crippen LogP contribution in [0.2, 0.25) is 0 Å². The third kappa shape index (κ3) is 3.97. The second-order valence-corrected chi connectivity index (χ2v) is 8.06. The molecule has 0 unspecified atom stereocenters. The molecule has 1 atom stereocenters. The molecule has 2 aliphatic heterocycles. The summed E-state index contributed by atoms with van der Waals surface area (Å²) in [5, 5.41) is 7.34. The standard InChI is InChI=1S/C22H26N4O3S/c1-3-14-6-4-8-17-15(10-18-21(28)25(2)22(30)24-18)12-26(20(14)17)13-19(27)23-11-16-7-5-9-29-16/h4,6,8,10,12,16H,3,5,7,9,11,13H2,1-2H3,(H,23,27)(H,24,30)/b18-10+/t16-/m0/s1. The van der Waals surface area contributed by atoms with Gasteiger partial charge in [-0.15, -0.1) is 0 Å². The van der Waals surface area contributed by atoms with E-state index in [1.165, 1.54) is 4.90 Å². The molecule has 0 spiro atoms. The number of fused-ring (bicyclic) bond motifs is 1. The van der Waals surface area contributed by atoms with E-state index >= 15 is 0 Å². The zero-order chi connectivity index (χ0) is 21.3. The summed E-state index contributed by atoms with van der Waals surface area (Å²) in [6, 6.07) is 6.09. The number of carbonyl (C=O) groups is 2. The number of hydrogen-bond acceptors (Lipinski definition) is 4. The molecular formula is C22H26N4O3S. The Balaban J connectivity index is 1.63. The molecule has 3 heterocycles. The molecule has 8 heteroatoms. The molecule has 0 aliphatic carbocycles. The molecule has 2 saturated heterocycles. The Bertz CT molecular complexity index is 1040. The number of aromatic nitrogens is 1. The molecule has 2 fully saturated rings. The molecule has 1 aromatic heterocycles. The quantitative estimate of drug-likeness (QED) is 0.547. The van der Waals surface area contributed by atoms with E-state index in [2.05, 4.69) is 23.6 Å². The number of carbonyl (C=O) groups excluding carboxylic acids is 2. The van der Waals surface area contributed by atoms with Gasteiger partial charge in [0.15, 0.2) is 5.11 Å². The number of rotatable bonds is 6. The Morgan fingerprint density at radius 3 is 2.93 bits per heavy atom. The number of ether oxygens (including phenoxy) is 1. The zero-order valence-corrected chi connectivity index (χ0v) is 18.1. The van der Waals surface area contributed by atoms with Gasteiger partial charge in [-0.05, 0) is 43.1 Å². The lowest BCUT2D eigenvalue weighted by molar-refractivity contribution is -0.122. The fourth-order valence-electron chi connectivity index (χ4n) is 4.01. The second kappa shape index (κ2) is 8.57. The molecule has 1 aromatic carbocycles. The minimum atomic E-state index is -0.165. The van der Waals surface area contributed by atoms with E-state index in [0.717, 1.165) is 47.9 Å². The molecule has 2 amide bonds. The maximum atomic E-state index is 12.6. The lowest BCUT2D eigenvalue weighted by atomic mass is 10.1. The molecule has 4 rings (SSSR count). The third-order valence-electron chi connectivity index (χ3n) is 5.64. The minimum Gasteiger partial charge on any atom is -0.376 e. The molecular weight excluding hydrogens is 400 g/mol. The summed E-state index contributed by atoms with van der Waals surface area (Å²) in [4.78, 5) is 26.4. The van der Waals surface area contributed by atoms with Crippen LogP contribution in [0.4, 0.5) is 0 Å². The van der Waals surface area contributed by atoms with E-state index in [9.17, 15) is 9.59 Å². The maximum Gasteiger partial charge on any atom is 0.276 e. The van der Waals surface area contributed by atoms with Crippen molar-refractivity contribution in [3.8, 4) is 0 Å². The number of benzene rings is 1. The summed E-state index contributed by atoms with van der Waals surface area (Å²) in [5.41, 5.74) is 3.48. The summed E-state index contributed by atoms with van der Waals surface area (Å²) in [6.45, 7) is 3.62. The van der Waals surface area contributed by atoms with E-state index in [-0.39, 0.29) is 24.5 Å². The Morgan fingerprint density at radius 1 is 1.43 bits per heavy atom. The number of hydrogen-bond donors (Lipinski definition) is 2. The van der Waals surface area contributed by atoms with E-state index in [1.807, 2.05) is 22.9 Å². The first-order valence-corrected chi connectivity index (χ1v) is 10.7. The molecule has 2 N–H and O–H groups in total. The van der Waals surface area contributed by atoms with Crippen LogP contribution in [0.5, 0.6) is 0 Å². The monoisotopic (exact) mass is 426 g/mol. The highest BCUT2D eigenvalue weighted by molar-refractivity contribution is 7.80. The molecule has 30 heavy (non-hydrogen) atoms. The van der Waals surface area contributed by atoms with Gasteiger partial charge in [0.2, 0.25) is 5.91 Å². The van der Waals surface area contributed by atoms with Gasteiger partial charge in [0, 0.05) is 37.3 Å². The third-order valence-corrected chi connectivity index (χ3v) is 6.02. The van der Waals surface area contributed by atoms with Crippen molar-refractivity contribution in [1.29, 1.82) is 0 Å². The van der Waals surface area contributed by atoms with Crippen molar-refractivity contribution >= 4 is 46.1 Å². The average Bonchev–Trinajstić information content (AvgIpc) is 3.44. The largest absolute Gasteiger partial charge is 0.376 e. The number of nitrogens with zero attached hydrogens (tertiary/aromatic N) is 2. The van der Waals surface area contributed by atoms with Crippen LogP contribution in [0.25, 0.3) is 17.0 Å². The van der Waals surface area contributed by atoms with Gasteiger partial charge in [0.25, 0.3) is 5.91 Å². The van der Waals surface area contributed by atoms with Gasteiger partial charge in [0.1, 0.15) is 12.2 Å². The van der Waals surface area contributed by atoms with Gasteiger partial charge in [-0.3, -0.25) is 14.5 Å². The normalized spacial score (nSPS) is 20.4. The van der Waals surface area contributed by atoms with Crippen molar-refractivity contribution in [3.05, 3.63) is 41.2 Å². The predicted molar refractivity (Wildman–Crippen MR) is 120 cm³/mol. The number of likely N-dealkylation sites (N-methyl/N-ethyl adjacent to an activating group) is 1. The smallest absolute Gasteiger partial charge is 0.276 e. The van der Waals surface area contributed by atoms with Crippen LogP contribution in [-0.4, -0.2) is 52.7 Å². The summed E-state index contributed by atoms with van der Waals surface area (Å²) in [6.07, 6.45) is 6.73. The van der Waals surface area contributed by atoms with Crippen molar-refractivity contribution in [2.24, 2.45) is 0 Å². The fourth-order valence-corrected chi connectivity index (χ4v) is 4.21. The van der Waals surface area contributed by atoms with E-state index < -0.39 is 0 Å². The second-order valence-electron chi connectivity index (χ2n) is 7.67. The average molecular weight is 427 g/mol. The number of aryl methyl sites for hydroxylation is 1. The Hall–Kier alpha value is -2.71. The Kier molecular flexibility index (Phi) is 5.87. The van der Waals surface area contributed by atoms with Crippen LogP contribution in [-0.2, 0) is 27.3 Å². The van der Waals surface area contributed by atoms with Crippen LogP contribution in [0.15, 0.2) is 30.1 Å². The highest BCUT2D eigenvalue weighted by atomic mass is 32.1. The van der Waals surface area contributed by atoms with E-state index in [4.69, 9.17) is 17.0 Å². The summed E-state index contributed by atoms with van der Waals surface area (Å²) >= 11 is 5.17. The summed E-state index contributed by atoms with van der Waals surface area (Å²) in [5.74, 6) is -0.217. The van der Waals surface area contributed by atoms with Gasteiger partial charge in [0.05, 0.1) is 11.6 Å². The SMILES string of the molecule is CCc1cccc2c(/C=C3/NC(=S)N(C)C3=O)cn(CC(=O)NC[C@@H]3CCCO3)c12. The van der Waals surface area contributed by atoms with E-state index in [1.54, 1.807) is 13.1 Å². The Labute approximate surface area is 181 Å². The lowest BCUT2D eigenvalue weighted by Crippen LogP contribution is -2.34. The number of nitrogens with one attached hydrogen (secondary N) is 2. The zero-order valence-electron chi connectivity index (χ0n) is 17.2. The number of amides is 2. The van der Waals surface area contributed by atoms with E-state index in [0.29, 0.717) is 17.4 Å². The molecule has 0 saturated carbocycles. The van der Waals surface area contributed by atoms with Crippen LogP contribution < -0.4 is 10.6 Å². The molecule has 2 aromatic rings. The van der Waals surface area contributed by atoms with Crippen molar-refractivity contribution in [2.45, 2.75) is 38.8 Å². The topological polar surface area (TPSA) is 75.6 Å². The maximum absolute atomic E-state index is 12.6. The number of thiocarbonyl (C=S) groups is 1. The first-order chi connectivity index (χ1) is 14.5. The van der Waals surface area contributed by atoms with Crippen LogP contribution in [0.1, 0.15) is 30.9 Å². The van der Waals surface area contributed by atoms with Gasteiger partial charge < -0.3 is 19.9 Å². The molecule has 7 nitrogen and oxygen atoms in total. The van der Waals surface area contributed by atoms with Crippen LogP contribution in [0, 0.1) is 0 Å². The molecule has 158 valence electrons. The van der Waals surface area contributed by atoms with Gasteiger partial charge in [-0.25, -0.2) is 0 Å². The lowest BCUT2D eigenvalue weighted by Gasteiger charge is -2.12. The summed E-state index contributed by atoms with van der Waals surface area (Å²) in [7, 11) is 1.65. The molecule has 0 bridgehead atoms. The molecule has 0 radical (unpaired) electrons. The number of para-hydroxylation sites is 1. The predicted octanol–water partition coefficient (Wildman–Crippen LogP) is 2.19. The van der Waals surface area contributed by atoms with Crippen molar-refractivity contribution in [1.82, 2.24) is 20.1 Å². The molecule has 2 aliphatic rings. The Morgan fingerprint density at radius 2 is 2.27 bits per heavy atom. The van der Waals surface area contributed by atoms with Gasteiger partial charge >= 0.3 is 0 Å². The van der Waals surface area contributed by atoms with Gasteiger partial charge in [-0.1, -0.05) is 25.1 Å². The van der Waals surface area contributed by atoms with Crippen molar-refractivity contribution in [3.63, 3.8) is 0 Å². The minimum absolute atomic E-state index is 0.0523. The first kappa shape index (κ1) is 20.6.